The van der Waals surface area contributed by atoms with Crippen molar-refractivity contribution in [2.24, 2.45) is 5.10 Å². The van der Waals surface area contributed by atoms with Crippen LogP contribution in [0.15, 0.2) is 72.0 Å². The van der Waals surface area contributed by atoms with Crippen molar-refractivity contribution < 1.29 is 22.8 Å². The van der Waals surface area contributed by atoms with E-state index in [1.165, 1.54) is 11.0 Å². The zero-order valence-electron chi connectivity index (χ0n) is 21.0. The number of aromatic nitrogens is 1. The first-order valence-electron chi connectivity index (χ1n) is 12.0. The van der Waals surface area contributed by atoms with Gasteiger partial charge in [-0.1, -0.05) is 30.3 Å². The zero-order valence-corrected chi connectivity index (χ0v) is 21.0. The van der Waals surface area contributed by atoms with E-state index in [1.54, 1.807) is 25.3 Å². The van der Waals surface area contributed by atoms with Crippen LogP contribution in [0.5, 0.6) is 0 Å². The Bertz CT molecular complexity index is 1580. The molecule has 0 fully saturated rings. The Kier molecular flexibility index (Phi) is 6.30. The Balaban J connectivity index is 1.46. The average molecular weight is 519 g/mol. The number of alkyl halides is 3. The second-order valence-electron chi connectivity index (χ2n) is 9.55. The predicted octanol–water partition coefficient (Wildman–Crippen LogP) is 6.30. The van der Waals surface area contributed by atoms with Gasteiger partial charge in [-0.3, -0.25) is 14.5 Å². The summed E-state index contributed by atoms with van der Waals surface area (Å²) in [5.41, 5.74) is 6.42. The van der Waals surface area contributed by atoms with E-state index in [-0.39, 0.29) is 23.7 Å². The lowest BCUT2D eigenvalue weighted by Gasteiger charge is -2.20. The smallest absolute Gasteiger partial charge is 0.361 e. The van der Waals surface area contributed by atoms with Gasteiger partial charge < -0.3 is 4.98 Å². The molecule has 1 atom stereocenters. The molecule has 0 aliphatic carbocycles. The number of hydrazone groups is 1. The van der Waals surface area contributed by atoms with Crippen LogP contribution in [0.2, 0.25) is 0 Å². The van der Waals surface area contributed by atoms with E-state index in [1.807, 2.05) is 44.2 Å². The lowest BCUT2D eigenvalue weighted by atomic mass is 9.95. The summed E-state index contributed by atoms with van der Waals surface area (Å²) in [7, 11) is 0. The van der Waals surface area contributed by atoms with Gasteiger partial charge in [-0.25, -0.2) is 5.43 Å². The average Bonchev–Trinajstić information content (AvgIpc) is 3.38. The summed E-state index contributed by atoms with van der Waals surface area (Å²) >= 11 is 0. The molecule has 3 aromatic carbocycles. The molecular formula is C29H25F3N4O2. The Morgan fingerprint density at radius 2 is 1.76 bits per heavy atom. The third kappa shape index (κ3) is 4.67. The predicted molar refractivity (Wildman–Crippen MR) is 141 cm³/mol. The fourth-order valence-electron chi connectivity index (χ4n) is 4.99. The van der Waals surface area contributed by atoms with Crippen LogP contribution in [0.4, 0.5) is 24.5 Å². The quantitative estimate of drug-likeness (QED) is 0.240. The fourth-order valence-corrected chi connectivity index (χ4v) is 4.99. The van der Waals surface area contributed by atoms with Crippen molar-refractivity contribution in [3.8, 4) is 0 Å². The highest BCUT2D eigenvalue weighted by Crippen LogP contribution is 2.45. The van der Waals surface area contributed by atoms with E-state index in [0.717, 1.165) is 39.7 Å². The Hall–Kier alpha value is -4.40. The van der Waals surface area contributed by atoms with Crippen LogP contribution in [-0.2, 0) is 22.2 Å². The number of fused-ring (bicyclic) bond motifs is 2. The number of nitrogens with one attached hydrogen (secondary N) is 2. The lowest BCUT2D eigenvalue weighted by molar-refractivity contribution is -0.137. The minimum absolute atomic E-state index is 0.0691. The first-order valence-corrected chi connectivity index (χ1v) is 12.0. The number of H-pyrrole nitrogens is 1. The van der Waals surface area contributed by atoms with Crippen molar-refractivity contribution in [2.75, 3.05) is 4.90 Å². The zero-order chi connectivity index (χ0) is 27.2. The van der Waals surface area contributed by atoms with Gasteiger partial charge in [-0.15, -0.1) is 0 Å². The molecule has 0 bridgehead atoms. The second kappa shape index (κ2) is 9.48. The van der Waals surface area contributed by atoms with Gasteiger partial charge in [0.1, 0.15) is 5.92 Å². The van der Waals surface area contributed by atoms with Crippen molar-refractivity contribution >= 4 is 39.8 Å². The summed E-state index contributed by atoms with van der Waals surface area (Å²) in [6.45, 7) is 5.30. The van der Waals surface area contributed by atoms with Crippen molar-refractivity contribution in [2.45, 2.75) is 39.3 Å². The molecule has 1 unspecified atom stereocenters. The number of nitrogens with zero attached hydrogens (tertiary/aromatic N) is 2. The van der Waals surface area contributed by atoms with Gasteiger partial charge in [0.25, 0.3) is 0 Å². The first kappa shape index (κ1) is 25.3. The summed E-state index contributed by atoms with van der Waals surface area (Å²) in [6, 6.07) is 16.3. The number of amides is 2. The first-order chi connectivity index (χ1) is 18.0. The maximum atomic E-state index is 13.7. The number of hydrogen-bond acceptors (Lipinski definition) is 3. The molecule has 2 heterocycles. The van der Waals surface area contributed by atoms with Crippen molar-refractivity contribution in [3.05, 3.63) is 94.7 Å². The molecule has 5 rings (SSSR count). The van der Waals surface area contributed by atoms with Crippen LogP contribution in [-0.4, -0.2) is 22.5 Å². The number of para-hydroxylation sites is 1. The van der Waals surface area contributed by atoms with Crippen molar-refractivity contribution in [1.82, 2.24) is 10.4 Å². The molecule has 2 amide bonds. The van der Waals surface area contributed by atoms with E-state index in [0.29, 0.717) is 11.3 Å². The summed E-state index contributed by atoms with van der Waals surface area (Å²) in [6.07, 6.45) is -2.74. The molecule has 6 nitrogen and oxygen atoms in total. The minimum Gasteiger partial charge on any atom is -0.361 e. The van der Waals surface area contributed by atoms with Gasteiger partial charge in [-0.2, -0.15) is 18.3 Å². The molecule has 1 aromatic heterocycles. The van der Waals surface area contributed by atoms with Gasteiger partial charge in [0.15, 0.2) is 0 Å². The third-order valence-corrected chi connectivity index (χ3v) is 6.64. The normalized spacial score (nSPS) is 15.7. The molecule has 1 aliphatic heterocycles. The Labute approximate surface area is 217 Å². The summed E-state index contributed by atoms with van der Waals surface area (Å²) in [5, 5.41) is 5.11. The molecule has 0 radical (unpaired) electrons. The van der Waals surface area contributed by atoms with Crippen molar-refractivity contribution in [1.29, 1.82) is 0 Å². The van der Waals surface area contributed by atoms with Crippen LogP contribution >= 0.6 is 0 Å². The molecule has 0 spiro atoms. The van der Waals surface area contributed by atoms with Crippen LogP contribution in [0, 0.1) is 13.8 Å². The maximum Gasteiger partial charge on any atom is 0.416 e. The van der Waals surface area contributed by atoms with E-state index in [4.69, 9.17) is 0 Å². The standard InChI is InChI=1S/C29H25F3N4O2/c1-16-10-17(2)12-21(11-16)36-25-14-20(29(30,31)32)8-9-23(25)27(28(36)38)18(3)34-35-26(37)13-19-15-33-24-7-5-4-6-22(19)24/h4-12,14-15,27,33H,13H2,1-3H3,(H,35,37)/b34-18-. The second-order valence-corrected chi connectivity index (χ2v) is 9.55. The highest BCUT2D eigenvalue weighted by molar-refractivity contribution is 6.22. The molecule has 0 saturated heterocycles. The molecule has 9 heteroatoms. The van der Waals surface area contributed by atoms with Crippen molar-refractivity contribution in [3.63, 3.8) is 0 Å². The number of aromatic amines is 1. The third-order valence-electron chi connectivity index (χ3n) is 6.64. The number of hydrogen-bond donors (Lipinski definition) is 2. The Morgan fingerprint density at radius 3 is 2.47 bits per heavy atom. The number of benzene rings is 3. The van der Waals surface area contributed by atoms with E-state index in [9.17, 15) is 22.8 Å². The summed E-state index contributed by atoms with van der Waals surface area (Å²) in [4.78, 5) is 30.8. The number of rotatable bonds is 5. The Morgan fingerprint density at radius 1 is 1.05 bits per heavy atom. The van der Waals surface area contributed by atoms with Gasteiger partial charge in [0.2, 0.25) is 11.8 Å². The number of halogens is 3. The van der Waals surface area contributed by atoms with E-state index in [2.05, 4.69) is 15.5 Å². The largest absolute Gasteiger partial charge is 0.416 e. The monoisotopic (exact) mass is 518 g/mol. The molecule has 194 valence electrons. The van der Waals surface area contributed by atoms with Crippen LogP contribution in [0.1, 0.15) is 40.7 Å². The summed E-state index contributed by atoms with van der Waals surface area (Å²) < 4.78 is 40.7. The van der Waals surface area contributed by atoms with Crippen LogP contribution < -0.4 is 10.3 Å². The number of aryl methyl sites for hydroxylation is 2. The minimum atomic E-state index is -4.57. The number of carbonyl (C=O) groups excluding carboxylic acids is 2. The van der Waals surface area contributed by atoms with Crippen LogP contribution in [0.25, 0.3) is 10.9 Å². The highest BCUT2D eigenvalue weighted by atomic mass is 19.4. The number of anilines is 2. The molecule has 1 aliphatic rings. The van der Waals surface area contributed by atoms with E-state index >= 15 is 0 Å². The maximum absolute atomic E-state index is 13.7. The number of carbonyl (C=O) groups is 2. The molecule has 38 heavy (non-hydrogen) atoms. The molecule has 0 saturated carbocycles. The highest BCUT2D eigenvalue weighted by Gasteiger charge is 2.42. The molecular weight excluding hydrogens is 493 g/mol. The topological polar surface area (TPSA) is 77.6 Å². The van der Waals surface area contributed by atoms with Gasteiger partial charge in [0.05, 0.1) is 23.4 Å². The van der Waals surface area contributed by atoms with Gasteiger partial charge >= 0.3 is 6.18 Å². The SMILES string of the molecule is C/C(=N/NC(=O)Cc1c[nH]c2ccccc12)C1C(=O)N(c2cc(C)cc(C)c2)c2cc(C(F)(F)F)ccc21. The molecule has 4 aromatic rings. The van der Waals surface area contributed by atoms with Gasteiger partial charge in [-0.05, 0) is 73.4 Å². The molecule has 2 N–H and O–H groups in total. The van der Waals surface area contributed by atoms with E-state index < -0.39 is 23.6 Å². The van der Waals surface area contributed by atoms with Crippen LogP contribution in [0.3, 0.4) is 0 Å². The fraction of sp³-hybridized carbons (Fsp3) is 0.207. The summed E-state index contributed by atoms with van der Waals surface area (Å²) in [5.74, 6) is -1.75. The van der Waals surface area contributed by atoms with Gasteiger partial charge in [0, 0.05) is 22.8 Å². The lowest BCUT2D eigenvalue weighted by Crippen LogP contribution is -2.29.